The quantitative estimate of drug-likeness (QED) is 0.574. The summed E-state index contributed by atoms with van der Waals surface area (Å²) in [6.45, 7) is 6.00. The van der Waals surface area contributed by atoms with E-state index < -0.39 is 0 Å². The number of nitrogens with zero attached hydrogens (tertiary/aromatic N) is 2. The lowest BCUT2D eigenvalue weighted by Crippen LogP contribution is -2.15. The Balaban J connectivity index is 1.64. The van der Waals surface area contributed by atoms with E-state index in [1.165, 1.54) is 17.3 Å². The third-order valence-corrected chi connectivity index (χ3v) is 5.12. The fourth-order valence-electron chi connectivity index (χ4n) is 3.03. The topological polar surface area (TPSA) is 86.5 Å². The fourth-order valence-corrected chi connectivity index (χ4v) is 3.60. The molecule has 0 saturated heterocycles. The summed E-state index contributed by atoms with van der Waals surface area (Å²) in [7, 11) is 3.14. The highest BCUT2D eigenvalue weighted by molar-refractivity contribution is 7.99. The molecule has 0 aliphatic heterocycles. The predicted molar refractivity (Wildman–Crippen MR) is 113 cm³/mol. The zero-order valence-electron chi connectivity index (χ0n) is 17.0. The number of benzene rings is 2. The van der Waals surface area contributed by atoms with Gasteiger partial charge in [0.05, 0.1) is 20.0 Å². The van der Waals surface area contributed by atoms with Crippen LogP contribution in [0, 0.1) is 20.8 Å². The van der Waals surface area contributed by atoms with Crippen LogP contribution in [0.5, 0.6) is 11.5 Å². The Morgan fingerprint density at radius 3 is 2.38 bits per heavy atom. The van der Waals surface area contributed by atoms with Gasteiger partial charge in [-0.05, 0) is 50.1 Å². The predicted octanol–water partition coefficient (Wildman–Crippen LogP) is 4.41. The molecule has 152 valence electrons. The van der Waals surface area contributed by atoms with Crippen molar-refractivity contribution in [1.29, 1.82) is 0 Å². The van der Waals surface area contributed by atoms with Crippen molar-refractivity contribution in [1.82, 2.24) is 10.2 Å². The van der Waals surface area contributed by atoms with Gasteiger partial charge >= 0.3 is 0 Å². The zero-order chi connectivity index (χ0) is 21.0. The Bertz CT molecular complexity index is 1010. The minimum atomic E-state index is -0.129. The molecule has 8 heteroatoms. The van der Waals surface area contributed by atoms with Crippen LogP contribution in [0.2, 0.25) is 0 Å². The number of rotatable bonds is 7. The van der Waals surface area contributed by atoms with Crippen molar-refractivity contribution >= 4 is 23.4 Å². The number of hydrogen-bond acceptors (Lipinski definition) is 7. The van der Waals surface area contributed by atoms with Gasteiger partial charge in [-0.1, -0.05) is 29.5 Å². The Labute approximate surface area is 173 Å². The highest BCUT2D eigenvalue weighted by Gasteiger charge is 2.14. The summed E-state index contributed by atoms with van der Waals surface area (Å²) in [5, 5.41) is 11.3. The van der Waals surface area contributed by atoms with E-state index in [1.54, 1.807) is 32.4 Å². The average Bonchev–Trinajstić information content (AvgIpc) is 3.17. The van der Waals surface area contributed by atoms with Gasteiger partial charge in [0.2, 0.25) is 11.8 Å². The largest absolute Gasteiger partial charge is 0.493 e. The molecule has 0 saturated carbocycles. The van der Waals surface area contributed by atoms with Crippen LogP contribution in [0.15, 0.2) is 40.0 Å². The first-order valence-electron chi connectivity index (χ1n) is 8.97. The molecular weight excluding hydrogens is 390 g/mol. The van der Waals surface area contributed by atoms with Crippen LogP contribution in [0.25, 0.3) is 11.5 Å². The second kappa shape index (κ2) is 9.00. The molecule has 1 aromatic heterocycles. The smallest absolute Gasteiger partial charge is 0.277 e. The lowest BCUT2D eigenvalue weighted by Gasteiger charge is -2.12. The van der Waals surface area contributed by atoms with Gasteiger partial charge in [-0.3, -0.25) is 4.79 Å². The molecule has 29 heavy (non-hydrogen) atoms. The van der Waals surface area contributed by atoms with Crippen LogP contribution >= 0.6 is 11.8 Å². The molecule has 1 heterocycles. The van der Waals surface area contributed by atoms with Crippen LogP contribution in [0.3, 0.4) is 0 Å². The number of nitrogens with one attached hydrogen (secondary N) is 1. The van der Waals surface area contributed by atoms with E-state index in [1.807, 2.05) is 32.9 Å². The molecule has 3 aromatic rings. The van der Waals surface area contributed by atoms with Gasteiger partial charge in [0.25, 0.3) is 5.22 Å². The van der Waals surface area contributed by atoms with Crippen LogP contribution in [0.1, 0.15) is 16.7 Å². The molecule has 1 N–H and O–H groups in total. The number of anilines is 1. The van der Waals surface area contributed by atoms with E-state index in [-0.39, 0.29) is 11.7 Å². The van der Waals surface area contributed by atoms with Gasteiger partial charge in [-0.25, -0.2) is 0 Å². The maximum absolute atomic E-state index is 12.4. The first kappa shape index (κ1) is 20.7. The molecule has 0 aliphatic rings. The molecule has 0 spiro atoms. The van der Waals surface area contributed by atoms with Crippen molar-refractivity contribution < 1.29 is 18.7 Å². The minimum absolute atomic E-state index is 0.129. The number of carbonyl (C=O) groups excluding carboxylic acids is 1. The van der Waals surface area contributed by atoms with Crippen LogP contribution in [-0.4, -0.2) is 36.1 Å². The first-order chi connectivity index (χ1) is 13.9. The zero-order valence-corrected chi connectivity index (χ0v) is 17.8. The van der Waals surface area contributed by atoms with Gasteiger partial charge in [0.15, 0.2) is 11.5 Å². The number of aryl methyl sites for hydroxylation is 3. The number of ether oxygens (including phenoxy) is 2. The molecule has 1 amide bonds. The summed E-state index contributed by atoms with van der Waals surface area (Å²) in [5.74, 6) is 1.57. The van der Waals surface area contributed by atoms with E-state index in [2.05, 4.69) is 15.5 Å². The maximum Gasteiger partial charge on any atom is 0.277 e. The fraction of sp³-hybridized carbons (Fsp3) is 0.286. The third kappa shape index (κ3) is 4.89. The molecule has 0 aliphatic carbocycles. The Morgan fingerprint density at radius 2 is 1.72 bits per heavy atom. The molecule has 0 bridgehead atoms. The second-order valence-electron chi connectivity index (χ2n) is 6.55. The molecular formula is C21H23N3O4S. The van der Waals surface area contributed by atoms with Gasteiger partial charge in [0.1, 0.15) is 0 Å². The molecule has 0 unspecified atom stereocenters. The Hall–Kier alpha value is -3.00. The van der Waals surface area contributed by atoms with Crippen molar-refractivity contribution in [3.63, 3.8) is 0 Å². The normalized spacial score (nSPS) is 10.7. The minimum Gasteiger partial charge on any atom is -0.493 e. The summed E-state index contributed by atoms with van der Waals surface area (Å²) < 4.78 is 16.2. The number of amides is 1. The van der Waals surface area contributed by atoms with Crippen LogP contribution < -0.4 is 14.8 Å². The highest BCUT2D eigenvalue weighted by Crippen LogP contribution is 2.32. The van der Waals surface area contributed by atoms with Crippen LogP contribution in [-0.2, 0) is 4.79 Å². The number of carbonyl (C=O) groups is 1. The van der Waals surface area contributed by atoms with Crippen LogP contribution in [0.4, 0.5) is 5.69 Å². The Morgan fingerprint density at radius 1 is 1.03 bits per heavy atom. The number of thioether (sulfide) groups is 1. The third-order valence-electron chi connectivity index (χ3n) is 4.31. The van der Waals surface area contributed by atoms with Crippen molar-refractivity contribution in [2.24, 2.45) is 0 Å². The Kier molecular flexibility index (Phi) is 6.43. The SMILES string of the molecule is COc1ccc(-c2nnc(SCC(=O)Nc3c(C)cc(C)cc3C)o2)cc1OC. The average molecular weight is 413 g/mol. The molecule has 7 nitrogen and oxygen atoms in total. The van der Waals surface area contributed by atoms with E-state index in [9.17, 15) is 4.79 Å². The highest BCUT2D eigenvalue weighted by atomic mass is 32.2. The summed E-state index contributed by atoms with van der Waals surface area (Å²) in [4.78, 5) is 12.4. The van der Waals surface area contributed by atoms with E-state index in [4.69, 9.17) is 13.9 Å². The molecule has 0 fully saturated rings. The van der Waals surface area contributed by atoms with E-state index >= 15 is 0 Å². The number of methoxy groups -OCH3 is 2. The monoisotopic (exact) mass is 413 g/mol. The van der Waals surface area contributed by atoms with Gasteiger partial charge in [0, 0.05) is 11.3 Å². The molecule has 0 radical (unpaired) electrons. The summed E-state index contributed by atoms with van der Waals surface area (Å²) in [6, 6.07) is 9.42. The molecule has 0 atom stereocenters. The van der Waals surface area contributed by atoms with Crippen molar-refractivity contribution in [3.8, 4) is 23.0 Å². The number of aromatic nitrogens is 2. The first-order valence-corrected chi connectivity index (χ1v) is 9.96. The van der Waals surface area contributed by atoms with E-state index in [0.717, 1.165) is 16.8 Å². The van der Waals surface area contributed by atoms with E-state index in [0.29, 0.717) is 28.2 Å². The summed E-state index contributed by atoms with van der Waals surface area (Å²) in [6.07, 6.45) is 0. The molecule has 2 aromatic carbocycles. The van der Waals surface area contributed by atoms with Crippen molar-refractivity contribution in [2.45, 2.75) is 26.0 Å². The number of hydrogen-bond donors (Lipinski definition) is 1. The van der Waals surface area contributed by atoms with Crippen molar-refractivity contribution in [3.05, 3.63) is 47.0 Å². The van der Waals surface area contributed by atoms with Gasteiger partial charge in [-0.2, -0.15) is 0 Å². The standard InChI is InChI=1S/C21H23N3O4S/c1-12-8-13(2)19(14(3)9-12)22-18(25)11-29-21-24-23-20(28-21)15-6-7-16(26-4)17(10-15)27-5/h6-10H,11H2,1-5H3,(H,22,25). The van der Waals surface area contributed by atoms with Gasteiger partial charge in [-0.15, -0.1) is 10.2 Å². The lowest BCUT2D eigenvalue weighted by atomic mass is 10.1. The maximum atomic E-state index is 12.4. The summed E-state index contributed by atoms with van der Waals surface area (Å²) in [5.41, 5.74) is 4.79. The second-order valence-corrected chi connectivity index (χ2v) is 7.48. The van der Waals surface area contributed by atoms with Gasteiger partial charge < -0.3 is 19.2 Å². The lowest BCUT2D eigenvalue weighted by molar-refractivity contribution is -0.113. The molecule has 3 rings (SSSR count). The summed E-state index contributed by atoms with van der Waals surface area (Å²) >= 11 is 1.19. The van der Waals surface area contributed by atoms with Crippen molar-refractivity contribution in [2.75, 3.05) is 25.3 Å².